The molecule has 3 heterocycles. The number of nitrogen functional groups attached to an aromatic ring is 1. The Balaban J connectivity index is 2.23. The van der Waals surface area contributed by atoms with Gasteiger partial charge < -0.3 is 24.5 Å². The van der Waals surface area contributed by atoms with Crippen LogP contribution in [0.3, 0.4) is 0 Å². The van der Waals surface area contributed by atoms with Gasteiger partial charge in [-0.1, -0.05) is 20.8 Å². The molecule has 0 saturated heterocycles. The fourth-order valence-electron chi connectivity index (χ4n) is 2.39. The van der Waals surface area contributed by atoms with Crippen LogP contribution in [-0.4, -0.2) is 29.3 Å². The van der Waals surface area contributed by atoms with Gasteiger partial charge in [-0.2, -0.15) is 0 Å². The van der Waals surface area contributed by atoms with Gasteiger partial charge in [-0.25, -0.2) is 15.0 Å². The zero-order valence-electron chi connectivity index (χ0n) is 13.5. The molecule has 0 atom stereocenters. The van der Waals surface area contributed by atoms with Gasteiger partial charge in [0.05, 0.1) is 5.56 Å². The first-order valence-electron chi connectivity index (χ1n) is 7.18. The van der Waals surface area contributed by atoms with E-state index in [-0.39, 0.29) is 11.2 Å². The van der Waals surface area contributed by atoms with Gasteiger partial charge in [0.15, 0.2) is 17.0 Å². The summed E-state index contributed by atoms with van der Waals surface area (Å²) in [7, 11) is -4.47. The smallest absolute Gasteiger partial charge is 0.391 e. The van der Waals surface area contributed by atoms with Gasteiger partial charge in [0.2, 0.25) is 5.50 Å². The van der Waals surface area contributed by atoms with Gasteiger partial charge in [0, 0.05) is 12.6 Å². The second-order valence-corrected chi connectivity index (χ2v) is 8.26. The summed E-state index contributed by atoms with van der Waals surface area (Å²) < 4.78 is 18.2. The molecule has 0 aliphatic rings. The fraction of sp³-hybridized carbons (Fsp3) is 0.357. The number of nitrogens with zero attached hydrogens (tertiary/aromatic N) is 4. The molecule has 10 heteroatoms. The summed E-state index contributed by atoms with van der Waals surface area (Å²) in [6.07, 6.45) is 2.62. The minimum absolute atomic E-state index is 0.0854. The molecule has 0 unspecified atom stereocenters. The van der Waals surface area contributed by atoms with E-state index in [4.69, 9.17) is 10.2 Å². The van der Waals surface area contributed by atoms with Crippen molar-refractivity contribution in [3.8, 4) is 11.4 Å². The molecule has 9 nitrogen and oxygen atoms in total. The molecule has 24 heavy (non-hydrogen) atoms. The quantitative estimate of drug-likeness (QED) is 0.603. The van der Waals surface area contributed by atoms with E-state index in [2.05, 4.69) is 35.7 Å². The first kappa shape index (κ1) is 16.6. The standard InChI is InChI=1S/C14H18N5O4P/c1-14(2,3)6-19-12(8-4-9(23-5-8)24(20,21)22)18-10-11(15)16-7-17-13(10)19/h4-5,7H,6H2,1-3H3,(H2,15,16,17)(H2,20,21,22). The van der Waals surface area contributed by atoms with Gasteiger partial charge in [-0.15, -0.1) is 0 Å². The average molecular weight is 351 g/mol. The van der Waals surface area contributed by atoms with Crippen molar-refractivity contribution in [1.82, 2.24) is 19.5 Å². The maximum absolute atomic E-state index is 11.3. The average Bonchev–Trinajstić information content (AvgIpc) is 3.03. The van der Waals surface area contributed by atoms with Crippen LogP contribution in [0.25, 0.3) is 22.6 Å². The topological polar surface area (TPSA) is 140 Å². The third-order valence-electron chi connectivity index (χ3n) is 3.32. The number of fused-ring (bicyclic) bond motifs is 1. The lowest BCUT2D eigenvalue weighted by atomic mass is 9.97. The third kappa shape index (κ3) is 3.06. The van der Waals surface area contributed by atoms with Crippen molar-refractivity contribution in [2.75, 3.05) is 5.73 Å². The van der Waals surface area contributed by atoms with Crippen LogP contribution in [0.5, 0.6) is 0 Å². The van der Waals surface area contributed by atoms with E-state index in [1.54, 1.807) is 0 Å². The van der Waals surface area contributed by atoms with Crippen LogP contribution in [-0.2, 0) is 11.1 Å². The molecule has 3 aromatic rings. The Morgan fingerprint density at radius 1 is 1.33 bits per heavy atom. The second kappa shape index (κ2) is 5.41. The highest BCUT2D eigenvalue weighted by Gasteiger charge is 2.26. The van der Waals surface area contributed by atoms with Gasteiger partial charge in [-0.05, 0) is 5.41 Å². The molecular weight excluding hydrogens is 333 g/mol. The summed E-state index contributed by atoms with van der Waals surface area (Å²) in [6, 6.07) is 1.28. The number of anilines is 1. The van der Waals surface area contributed by atoms with Crippen molar-refractivity contribution in [3.05, 3.63) is 18.7 Å². The van der Waals surface area contributed by atoms with Crippen LogP contribution in [0.2, 0.25) is 0 Å². The zero-order valence-corrected chi connectivity index (χ0v) is 14.4. The van der Waals surface area contributed by atoms with E-state index in [0.717, 1.165) is 0 Å². The predicted molar refractivity (Wildman–Crippen MR) is 88.6 cm³/mol. The summed E-state index contributed by atoms with van der Waals surface area (Å²) in [5.41, 5.74) is 6.82. The van der Waals surface area contributed by atoms with Crippen molar-refractivity contribution in [1.29, 1.82) is 0 Å². The molecule has 4 N–H and O–H groups in total. The number of hydrogen-bond acceptors (Lipinski definition) is 6. The molecule has 0 aliphatic carbocycles. The molecule has 0 aromatic carbocycles. The normalized spacial score (nSPS) is 12.9. The number of hydrogen-bond donors (Lipinski definition) is 3. The van der Waals surface area contributed by atoms with Crippen molar-refractivity contribution < 1.29 is 18.8 Å². The van der Waals surface area contributed by atoms with E-state index in [9.17, 15) is 14.4 Å². The number of aromatic nitrogens is 4. The summed E-state index contributed by atoms with van der Waals surface area (Å²) in [4.78, 5) is 31.1. The lowest BCUT2D eigenvalue weighted by molar-refractivity contribution is 0.349. The van der Waals surface area contributed by atoms with Crippen molar-refractivity contribution in [2.24, 2.45) is 5.41 Å². The van der Waals surface area contributed by atoms with Crippen LogP contribution in [0.15, 0.2) is 23.1 Å². The minimum Gasteiger partial charge on any atom is -0.456 e. The Kier molecular flexibility index (Phi) is 3.75. The molecule has 0 spiro atoms. The second-order valence-electron chi connectivity index (χ2n) is 6.73. The van der Waals surface area contributed by atoms with E-state index < -0.39 is 13.1 Å². The molecule has 0 bridgehead atoms. The van der Waals surface area contributed by atoms with Crippen LogP contribution in [0.1, 0.15) is 20.8 Å². The number of rotatable bonds is 3. The summed E-state index contributed by atoms with van der Waals surface area (Å²) in [5, 5.41) is 0. The van der Waals surface area contributed by atoms with E-state index in [0.29, 0.717) is 29.1 Å². The first-order chi connectivity index (χ1) is 11.1. The van der Waals surface area contributed by atoms with Crippen LogP contribution < -0.4 is 11.2 Å². The Morgan fingerprint density at radius 3 is 2.62 bits per heavy atom. The summed E-state index contributed by atoms with van der Waals surface area (Å²) in [5.74, 6) is 0.711. The maximum Gasteiger partial charge on any atom is 0.391 e. The highest BCUT2D eigenvalue weighted by molar-refractivity contribution is 7.59. The molecular formula is C14H18N5O4P. The van der Waals surface area contributed by atoms with Gasteiger partial charge in [0.25, 0.3) is 0 Å². The van der Waals surface area contributed by atoms with Crippen molar-refractivity contribution >= 4 is 30.1 Å². The highest BCUT2D eigenvalue weighted by Crippen LogP contribution is 2.36. The van der Waals surface area contributed by atoms with E-state index in [1.165, 1.54) is 18.7 Å². The lowest BCUT2D eigenvalue weighted by Crippen LogP contribution is -2.16. The molecule has 0 aliphatic heterocycles. The highest BCUT2D eigenvalue weighted by atomic mass is 31.2. The predicted octanol–water partition coefficient (Wildman–Crippen LogP) is 1.52. The number of furan rings is 1. The van der Waals surface area contributed by atoms with E-state index >= 15 is 0 Å². The van der Waals surface area contributed by atoms with Gasteiger partial charge in [0.1, 0.15) is 18.4 Å². The monoisotopic (exact) mass is 351 g/mol. The number of nitrogens with two attached hydrogens (primary N) is 1. The Labute approximate surface area is 137 Å². The Hall–Kier alpha value is -2.22. The van der Waals surface area contributed by atoms with E-state index in [1.807, 2.05) is 4.57 Å². The van der Waals surface area contributed by atoms with Crippen LogP contribution >= 0.6 is 7.60 Å². The molecule has 128 valence electrons. The van der Waals surface area contributed by atoms with Crippen LogP contribution in [0, 0.1) is 5.41 Å². The molecule has 0 fully saturated rings. The minimum atomic E-state index is -4.47. The zero-order chi connectivity index (χ0) is 17.7. The molecule has 0 amide bonds. The number of imidazole rings is 1. The van der Waals surface area contributed by atoms with Gasteiger partial charge >= 0.3 is 7.60 Å². The fourth-order valence-corrected chi connectivity index (χ4v) is 2.89. The van der Waals surface area contributed by atoms with Crippen molar-refractivity contribution in [3.63, 3.8) is 0 Å². The van der Waals surface area contributed by atoms with Gasteiger partial charge in [-0.3, -0.25) is 4.57 Å². The lowest BCUT2D eigenvalue weighted by Gasteiger charge is -2.20. The SMILES string of the molecule is CC(C)(C)Cn1c(-c2coc(P(=O)(O)O)c2)nc2c(N)ncnc21. The first-order valence-corrected chi connectivity index (χ1v) is 8.79. The Bertz CT molecular complexity index is 950. The molecule has 0 radical (unpaired) electrons. The summed E-state index contributed by atoms with van der Waals surface area (Å²) in [6.45, 7) is 6.75. The third-order valence-corrected chi connectivity index (χ3v) is 4.13. The van der Waals surface area contributed by atoms with Crippen LogP contribution in [0.4, 0.5) is 5.82 Å². The van der Waals surface area contributed by atoms with Crippen molar-refractivity contribution in [2.45, 2.75) is 27.3 Å². The Morgan fingerprint density at radius 2 is 2.04 bits per heavy atom. The largest absolute Gasteiger partial charge is 0.456 e. The molecule has 3 rings (SSSR count). The molecule has 3 aromatic heterocycles. The summed E-state index contributed by atoms with van der Waals surface area (Å²) >= 11 is 0. The maximum atomic E-state index is 11.3. The molecule has 0 saturated carbocycles.